The van der Waals surface area contributed by atoms with Gasteiger partial charge in [0.2, 0.25) is 0 Å². The summed E-state index contributed by atoms with van der Waals surface area (Å²) in [6, 6.07) is 13.4. The van der Waals surface area contributed by atoms with Crippen molar-refractivity contribution in [1.29, 1.82) is 0 Å². The molecule has 1 fully saturated rings. The minimum Gasteiger partial charge on any atom is -0.368 e. The minimum atomic E-state index is -0.0361. The topological polar surface area (TPSA) is 61.4 Å². The smallest absolute Gasteiger partial charge is 0.273 e. The van der Waals surface area contributed by atoms with Gasteiger partial charge in [-0.1, -0.05) is 23.7 Å². The first-order valence-corrected chi connectivity index (χ1v) is 9.88. The molecule has 0 spiro atoms. The summed E-state index contributed by atoms with van der Waals surface area (Å²) in [7, 11) is 0. The first-order valence-electron chi connectivity index (χ1n) is 8.62. The Kier molecular flexibility index (Phi) is 5.22. The third kappa shape index (κ3) is 4.20. The van der Waals surface area contributed by atoms with Crippen molar-refractivity contribution in [3.05, 3.63) is 64.8 Å². The fourth-order valence-corrected chi connectivity index (χ4v) is 3.85. The molecule has 3 heterocycles. The van der Waals surface area contributed by atoms with Crippen molar-refractivity contribution in [3.63, 3.8) is 0 Å². The Morgan fingerprint density at radius 1 is 1.11 bits per heavy atom. The number of pyridine rings is 1. The molecule has 1 aliphatic rings. The second-order valence-corrected chi connectivity index (χ2v) is 7.43. The molecule has 3 aromatic rings. The molecule has 2 aromatic heterocycles. The summed E-state index contributed by atoms with van der Waals surface area (Å²) < 4.78 is 0. The highest BCUT2D eigenvalue weighted by molar-refractivity contribution is 7.14. The Hall–Kier alpha value is -2.64. The van der Waals surface area contributed by atoms with Gasteiger partial charge in [0, 0.05) is 48.5 Å². The fourth-order valence-electron chi connectivity index (χ4n) is 2.98. The standard InChI is InChI=1S/C19H18ClN5OS/c20-14-4-3-5-15(12-14)24-8-10-25(11-9-24)18(26)16-13-27-19(22-16)23-17-6-1-2-7-21-17/h1-7,12-13H,8-11H2,(H,21,22,23). The van der Waals surface area contributed by atoms with Crippen molar-refractivity contribution in [2.24, 2.45) is 0 Å². The van der Waals surface area contributed by atoms with Gasteiger partial charge in [0.05, 0.1) is 0 Å². The predicted octanol–water partition coefficient (Wildman–Crippen LogP) is 3.90. The molecule has 8 heteroatoms. The van der Waals surface area contributed by atoms with Gasteiger partial charge in [-0.05, 0) is 30.3 Å². The van der Waals surface area contributed by atoms with E-state index in [2.05, 4.69) is 20.2 Å². The van der Waals surface area contributed by atoms with Crippen molar-refractivity contribution >= 4 is 45.5 Å². The van der Waals surface area contributed by atoms with Gasteiger partial charge >= 0.3 is 0 Å². The van der Waals surface area contributed by atoms with E-state index in [0.717, 1.165) is 23.8 Å². The number of hydrogen-bond donors (Lipinski definition) is 1. The molecule has 4 rings (SSSR count). The van der Waals surface area contributed by atoms with Crippen LogP contribution < -0.4 is 10.2 Å². The highest BCUT2D eigenvalue weighted by atomic mass is 35.5. The molecule has 0 aliphatic carbocycles. The zero-order chi connectivity index (χ0) is 18.6. The normalized spacial score (nSPS) is 14.3. The summed E-state index contributed by atoms with van der Waals surface area (Å²) in [5.74, 6) is 0.673. The van der Waals surface area contributed by atoms with Crippen molar-refractivity contribution in [1.82, 2.24) is 14.9 Å². The molecule has 6 nitrogen and oxygen atoms in total. The van der Waals surface area contributed by atoms with E-state index in [4.69, 9.17) is 11.6 Å². The summed E-state index contributed by atoms with van der Waals surface area (Å²) >= 11 is 7.48. The molecular formula is C19H18ClN5OS. The average molecular weight is 400 g/mol. The Balaban J connectivity index is 1.37. The molecule has 0 unspecified atom stereocenters. The second-order valence-electron chi connectivity index (χ2n) is 6.14. The Labute approximate surface area is 166 Å². The number of nitrogens with zero attached hydrogens (tertiary/aromatic N) is 4. The molecule has 0 radical (unpaired) electrons. The number of piperazine rings is 1. The maximum absolute atomic E-state index is 12.7. The first-order chi connectivity index (χ1) is 13.2. The summed E-state index contributed by atoms with van der Waals surface area (Å²) in [6.07, 6.45) is 1.71. The van der Waals surface area contributed by atoms with Crippen LogP contribution >= 0.6 is 22.9 Å². The molecule has 0 saturated carbocycles. The number of carbonyl (C=O) groups excluding carboxylic acids is 1. The van der Waals surface area contributed by atoms with Crippen LogP contribution in [0.25, 0.3) is 0 Å². The number of amides is 1. The van der Waals surface area contributed by atoms with Crippen LogP contribution in [0.3, 0.4) is 0 Å². The van der Waals surface area contributed by atoms with E-state index in [0.29, 0.717) is 29.7 Å². The Morgan fingerprint density at radius 2 is 1.96 bits per heavy atom. The van der Waals surface area contributed by atoms with Crippen LogP contribution in [0.5, 0.6) is 0 Å². The molecule has 0 bridgehead atoms. The Morgan fingerprint density at radius 3 is 2.70 bits per heavy atom. The zero-order valence-corrected chi connectivity index (χ0v) is 16.1. The minimum absolute atomic E-state index is 0.0361. The van der Waals surface area contributed by atoms with Crippen LogP contribution in [-0.2, 0) is 0 Å². The van der Waals surface area contributed by atoms with Gasteiger partial charge in [0.15, 0.2) is 5.13 Å². The lowest BCUT2D eigenvalue weighted by Gasteiger charge is -2.35. The highest BCUT2D eigenvalue weighted by Gasteiger charge is 2.24. The number of aromatic nitrogens is 2. The predicted molar refractivity (Wildman–Crippen MR) is 109 cm³/mol. The lowest BCUT2D eigenvalue weighted by molar-refractivity contribution is 0.0742. The van der Waals surface area contributed by atoms with E-state index >= 15 is 0 Å². The van der Waals surface area contributed by atoms with Crippen LogP contribution in [0.1, 0.15) is 10.5 Å². The summed E-state index contributed by atoms with van der Waals surface area (Å²) in [5.41, 5.74) is 1.56. The van der Waals surface area contributed by atoms with Gasteiger partial charge in [-0.3, -0.25) is 4.79 Å². The molecule has 1 amide bonds. The number of halogens is 1. The molecule has 1 aromatic carbocycles. The summed E-state index contributed by atoms with van der Waals surface area (Å²) in [4.78, 5) is 25.5. The quantitative estimate of drug-likeness (QED) is 0.721. The van der Waals surface area contributed by atoms with Gasteiger partial charge < -0.3 is 15.1 Å². The summed E-state index contributed by atoms with van der Waals surface area (Å²) in [5, 5.41) is 6.29. The third-order valence-corrected chi connectivity index (χ3v) is 5.36. The van der Waals surface area contributed by atoms with Crippen LogP contribution in [0.2, 0.25) is 5.02 Å². The largest absolute Gasteiger partial charge is 0.368 e. The number of anilines is 3. The van der Waals surface area contributed by atoms with Crippen molar-refractivity contribution < 1.29 is 4.79 Å². The molecule has 1 N–H and O–H groups in total. The fraction of sp³-hybridized carbons (Fsp3) is 0.211. The number of rotatable bonds is 4. The van der Waals surface area contributed by atoms with E-state index in [9.17, 15) is 4.79 Å². The number of hydrogen-bond acceptors (Lipinski definition) is 6. The number of carbonyl (C=O) groups is 1. The van der Waals surface area contributed by atoms with Gasteiger partial charge in [-0.15, -0.1) is 11.3 Å². The van der Waals surface area contributed by atoms with E-state index < -0.39 is 0 Å². The van der Waals surface area contributed by atoms with E-state index in [-0.39, 0.29) is 5.91 Å². The average Bonchev–Trinajstić information content (AvgIpc) is 3.17. The SMILES string of the molecule is O=C(c1csc(Nc2ccccn2)n1)N1CCN(c2cccc(Cl)c2)CC1. The maximum Gasteiger partial charge on any atom is 0.273 e. The summed E-state index contributed by atoms with van der Waals surface area (Å²) in [6.45, 7) is 2.86. The van der Waals surface area contributed by atoms with Gasteiger partial charge in [0.1, 0.15) is 11.5 Å². The van der Waals surface area contributed by atoms with Gasteiger partial charge in [0.25, 0.3) is 5.91 Å². The third-order valence-electron chi connectivity index (χ3n) is 4.36. The molecular weight excluding hydrogens is 382 g/mol. The van der Waals surface area contributed by atoms with Crippen LogP contribution in [0, 0.1) is 0 Å². The van der Waals surface area contributed by atoms with Crippen LogP contribution in [0.4, 0.5) is 16.6 Å². The van der Waals surface area contributed by atoms with Crippen molar-refractivity contribution in [2.75, 3.05) is 36.4 Å². The van der Waals surface area contributed by atoms with Crippen LogP contribution in [0.15, 0.2) is 54.0 Å². The first kappa shape index (κ1) is 17.8. The molecule has 1 saturated heterocycles. The molecule has 1 aliphatic heterocycles. The maximum atomic E-state index is 12.7. The second kappa shape index (κ2) is 7.94. The Bertz CT molecular complexity index is 925. The van der Waals surface area contributed by atoms with Gasteiger partial charge in [-0.2, -0.15) is 0 Å². The van der Waals surface area contributed by atoms with Crippen LogP contribution in [-0.4, -0.2) is 47.0 Å². The number of benzene rings is 1. The van der Waals surface area contributed by atoms with Crippen molar-refractivity contribution in [2.45, 2.75) is 0 Å². The zero-order valence-electron chi connectivity index (χ0n) is 14.5. The number of nitrogens with one attached hydrogen (secondary N) is 1. The lowest BCUT2D eigenvalue weighted by Crippen LogP contribution is -2.48. The molecule has 27 heavy (non-hydrogen) atoms. The van der Waals surface area contributed by atoms with Gasteiger partial charge in [-0.25, -0.2) is 9.97 Å². The molecule has 138 valence electrons. The van der Waals surface area contributed by atoms with E-state index in [1.54, 1.807) is 11.6 Å². The number of thiazole rings is 1. The van der Waals surface area contributed by atoms with Crippen molar-refractivity contribution in [3.8, 4) is 0 Å². The molecule has 0 atom stereocenters. The lowest BCUT2D eigenvalue weighted by atomic mass is 10.2. The van der Waals surface area contributed by atoms with E-state index in [1.165, 1.54) is 11.3 Å². The highest BCUT2D eigenvalue weighted by Crippen LogP contribution is 2.23. The van der Waals surface area contributed by atoms with E-state index in [1.807, 2.05) is 47.4 Å². The monoisotopic (exact) mass is 399 g/mol.